The molecule has 0 radical (unpaired) electrons. The molecule has 0 bridgehead atoms. The highest BCUT2D eigenvalue weighted by Gasteiger charge is 2.37. The fourth-order valence-electron chi connectivity index (χ4n) is 5.44. The van der Waals surface area contributed by atoms with E-state index in [1.807, 2.05) is 36.4 Å². The van der Waals surface area contributed by atoms with Crippen LogP contribution in [-0.2, 0) is 14.3 Å². The first-order chi connectivity index (χ1) is 19.4. The first-order valence-corrected chi connectivity index (χ1v) is 14.4. The van der Waals surface area contributed by atoms with Crippen molar-refractivity contribution in [2.45, 2.75) is 52.0 Å². The second-order valence-corrected chi connectivity index (χ2v) is 10.9. The van der Waals surface area contributed by atoms with Crippen LogP contribution >= 0.6 is 11.3 Å². The van der Waals surface area contributed by atoms with Crippen LogP contribution in [0.2, 0.25) is 0 Å². The lowest BCUT2D eigenvalue weighted by Crippen LogP contribution is -2.40. The molecule has 1 aromatic heterocycles. The van der Waals surface area contributed by atoms with Crippen molar-refractivity contribution >= 4 is 34.5 Å². The maximum Gasteiger partial charge on any atom is 0.338 e. The molecule has 2 aliphatic rings. The second-order valence-electron chi connectivity index (χ2n) is 9.93. The summed E-state index contributed by atoms with van der Waals surface area (Å²) >= 11 is 1.18. The molecule has 208 valence electrons. The molecule has 1 unspecified atom stereocenters. The van der Waals surface area contributed by atoms with E-state index in [1.165, 1.54) is 29.4 Å². The second kappa shape index (κ2) is 11.6. The van der Waals surface area contributed by atoms with Gasteiger partial charge in [0.15, 0.2) is 4.80 Å². The number of methoxy groups -OCH3 is 2. The SMILES string of the molecule is CCCCCCCN1C(=O)C(=c2sc3n(c2=O)C(c2ccc(OC)cc2)C(C(=O)OC)=C(C)N=3)c2ccccc21. The number of thiazole rings is 1. The van der Waals surface area contributed by atoms with Crippen LogP contribution in [-0.4, -0.2) is 37.2 Å². The molecule has 1 atom stereocenters. The summed E-state index contributed by atoms with van der Waals surface area (Å²) in [6.45, 7) is 4.51. The Morgan fingerprint density at radius 2 is 1.73 bits per heavy atom. The lowest BCUT2D eigenvalue weighted by Gasteiger charge is -2.24. The van der Waals surface area contributed by atoms with E-state index in [4.69, 9.17) is 9.47 Å². The third kappa shape index (κ3) is 4.79. The maximum absolute atomic E-state index is 14.2. The Hall–Kier alpha value is -3.98. The Morgan fingerprint density at radius 3 is 2.42 bits per heavy atom. The highest BCUT2D eigenvalue weighted by Crippen LogP contribution is 2.36. The largest absolute Gasteiger partial charge is 0.497 e. The van der Waals surface area contributed by atoms with Gasteiger partial charge in [-0.1, -0.05) is 74.3 Å². The minimum Gasteiger partial charge on any atom is -0.497 e. The standard InChI is InChI=1S/C31H33N3O5S/c1-5-6-7-8-11-18-33-23-13-10-9-12-22(23)25(28(33)35)27-29(36)34-26(20-14-16-21(38-3)17-15-20)24(30(37)39-4)19(2)32-31(34)40-27/h9-10,12-17,26H,5-8,11,18H2,1-4H3. The molecule has 0 fully saturated rings. The van der Waals surface area contributed by atoms with Crippen LogP contribution in [0.15, 0.2) is 69.6 Å². The lowest BCUT2D eigenvalue weighted by molar-refractivity contribution is -0.136. The van der Waals surface area contributed by atoms with Gasteiger partial charge in [-0.25, -0.2) is 9.79 Å². The average Bonchev–Trinajstić information content (AvgIpc) is 3.43. The molecule has 3 aromatic rings. The number of ether oxygens (including phenoxy) is 2. The van der Waals surface area contributed by atoms with Crippen LogP contribution in [0.3, 0.4) is 0 Å². The van der Waals surface area contributed by atoms with Crippen molar-refractivity contribution < 1.29 is 19.1 Å². The number of unbranched alkanes of at least 4 members (excludes halogenated alkanes) is 4. The topological polar surface area (TPSA) is 90.2 Å². The van der Waals surface area contributed by atoms with Gasteiger partial charge in [0.1, 0.15) is 10.3 Å². The highest BCUT2D eigenvalue weighted by atomic mass is 32.1. The van der Waals surface area contributed by atoms with Gasteiger partial charge in [0.2, 0.25) is 0 Å². The number of rotatable bonds is 9. The molecule has 0 saturated heterocycles. The van der Waals surface area contributed by atoms with Gasteiger partial charge in [-0.05, 0) is 37.1 Å². The number of esters is 1. The van der Waals surface area contributed by atoms with E-state index in [1.54, 1.807) is 31.1 Å². The Labute approximate surface area is 236 Å². The molecule has 0 aliphatic carbocycles. The van der Waals surface area contributed by atoms with Crippen molar-refractivity contribution in [3.8, 4) is 5.75 Å². The Kier molecular flexibility index (Phi) is 8.02. The number of fused-ring (bicyclic) bond motifs is 2. The Bertz CT molecular complexity index is 1670. The van der Waals surface area contributed by atoms with Crippen LogP contribution in [0.1, 0.15) is 63.1 Å². The lowest BCUT2D eigenvalue weighted by atomic mass is 9.96. The number of para-hydroxylation sites is 1. The predicted octanol–water partition coefficient (Wildman–Crippen LogP) is 4.10. The number of aromatic nitrogens is 1. The summed E-state index contributed by atoms with van der Waals surface area (Å²) in [5.74, 6) is -0.0786. The summed E-state index contributed by atoms with van der Waals surface area (Å²) in [4.78, 5) is 47.9. The molecule has 5 rings (SSSR count). The van der Waals surface area contributed by atoms with Gasteiger partial charge in [0.05, 0.1) is 42.8 Å². The zero-order chi connectivity index (χ0) is 28.4. The first-order valence-electron chi connectivity index (χ1n) is 13.6. The number of carbonyl (C=O) groups excluding carboxylic acids is 2. The van der Waals surface area contributed by atoms with Gasteiger partial charge in [-0.15, -0.1) is 0 Å². The number of allylic oxidation sites excluding steroid dienone is 1. The summed E-state index contributed by atoms with van der Waals surface area (Å²) in [7, 11) is 2.89. The number of amides is 1. The summed E-state index contributed by atoms with van der Waals surface area (Å²) in [6, 6.07) is 14.1. The molecule has 0 N–H and O–H groups in total. The van der Waals surface area contributed by atoms with Crippen molar-refractivity contribution in [3.05, 3.63) is 90.6 Å². The highest BCUT2D eigenvalue weighted by molar-refractivity contribution is 7.07. The van der Waals surface area contributed by atoms with Gasteiger partial charge in [0, 0.05) is 12.1 Å². The number of carbonyl (C=O) groups is 2. The minimum absolute atomic E-state index is 0.174. The fourth-order valence-corrected chi connectivity index (χ4v) is 6.58. The van der Waals surface area contributed by atoms with E-state index >= 15 is 0 Å². The summed E-state index contributed by atoms with van der Waals surface area (Å²) in [6.07, 6.45) is 5.42. The van der Waals surface area contributed by atoms with E-state index in [-0.39, 0.29) is 17.0 Å². The molecular weight excluding hydrogens is 526 g/mol. The Balaban J connectivity index is 1.67. The normalized spacial score (nSPS) is 17.4. The number of nitrogens with zero attached hydrogens (tertiary/aromatic N) is 3. The number of benzene rings is 2. The van der Waals surface area contributed by atoms with Crippen LogP contribution in [0, 0.1) is 0 Å². The van der Waals surface area contributed by atoms with Crippen LogP contribution in [0.4, 0.5) is 5.69 Å². The quantitative estimate of drug-likeness (QED) is 0.291. The zero-order valence-corrected chi connectivity index (χ0v) is 24.0. The minimum atomic E-state index is -0.759. The van der Waals surface area contributed by atoms with E-state index < -0.39 is 12.0 Å². The molecule has 9 heteroatoms. The smallest absolute Gasteiger partial charge is 0.338 e. The van der Waals surface area contributed by atoms with Gasteiger partial charge < -0.3 is 14.4 Å². The van der Waals surface area contributed by atoms with Crippen LogP contribution < -0.4 is 24.5 Å². The monoisotopic (exact) mass is 559 g/mol. The van der Waals surface area contributed by atoms with Crippen LogP contribution in [0.5, 0.6) is 5.75 Å². The zero-order valence-electron chi connectivity index (χ0n) is 23.2. The van der Waals surface area contributed by atoms with Crippen molar-refractivity contribution in [1.29, 1.82) is 0 Å². The van der Waals surface area contributed by atoms with Crippen LogP contribution in [0.25, 0.3) is 5.57 Å². The van der Waals surface area contributed by atoms with Crippen molar-refractivity contribution in [3.63, 3.8) is 0 Å². The molecule has 2 aromatic carbocycles. The fraction of sp³-hybridized carbons (Fsp3) is 0.355. The molecule has 3 heterocycles. The first kappa shape index (κ1) is 27.6. The van der Waals surface area contributed by atoms with Crippen molar-refractivity contribution in [2.75, 3.05) is 25.7 Å². The molecule has 0 spiro atoms. The summed E-state index contributed by atoms with van der Waals surface area (Å²) in [5.41, 5.74) is 3.06. The number of hydrogen-bond acceptors (Lipinski definition) is 7. The van der Waals surface area contributed by atoms with E-state index in [0.29, 0.717) is 38.5 Å². The van der Waals surface area contributed by atoms with E-state index in [0.717, 1.165) is 36.9 Å². The molecule has 0 saturated carbocycles. The average molecular weight is 560 g/mol. The maximum atomic E-state index is 14.2. The molecule has 1 amide bonds. The summed E-state index contributed by atoms with van der Waals surface area (Å²) < 4.78 is 12.2. The molecule has 2 aliphatic heterocycles. The van der Waals surface area contributed by atoms with Crippen molar-refractivity contribution in [1.82, 2.24) is 4.57 Å². The van der Waals surface area contributed by atoms with Gasteiger partial charge >= 0.3 is 5.97 Å². The molecule has 40 heavy (non-hydrogen) atoms. The van der Waals surface area contributed by atoms with Gasteiger partial charge in [-0.2, -0.15) is 0 Å². The third-order valence-electron chi connectivity index (χ3n) is 7.47. The third-order valence-corrected chi connectivity index (χ3v) is 8.52. The van der Waals surface area contributed by atoms with Gasteiger partial charge in [-0.3, -0.25) is 14.2 Å². The molecule has 8 nitrogen and oxygen atoms in total. The summed E-state index contributed by atoms with van der Waals surface area (Å²) in [5, 5.41) is 0. The Morgan fingerprint density at radius 1 is 1.00 bits per heavy atom. The van der Waals surface area contributed by atoms with E-state index in [2.05, 4.69) is 11.9 Å². The molecular formula is C31H33N3O5S. The van der Waals surface area contributed by atoms with Crippen molar-refractivity contribution in [2.24, 2.45) is 4.99 Å². The number of hydrogen-bond donors (Lipinski definition) is 0. The van der Waals surface area contributed by atoms with Gasteiger partial charge in [0.25, 0.3) is 11.5 Å². The predicted molar refractivity (Wildman–Crippen MR) is 155 cm³/mol. The van der Waals surface area contributed by atoms with E-state index in [9.17, 15) is 14.4 Å². The number of anilines is 1.